The predicted molar refractivity (Wildman–Crippen MR) is 73.2 cm³/mol. The summed E-state index contributed by atoms with van der Waals surface area (Å²) < 4.78 is 5.60. The summed E-state index contributed by atoms with van der Waals surface area (Å²) in [6.07, 6.45) is 1.25. The van der Waals surface area contributed by atoms with Gasteiger partial charge >= 0.3 is 0 Å². The number of aliphatic hydroxyl groups excluding tert-OH is 1. The standard InChI is InChI=1S/C15H21NO3/c1-11-5-3-7-14(12(11)2)19-10-15(18)16-8-4-6-13(17)9-16/h3,5,7,13,17H,4,6,8-10H2,1-2H3/t13-/m0/s1. The van der Waals surface area contributed by atoms with E-state index >= 15 is 0 Å². The highest BCUT2D eigenvalue weighted by molar-refractivity contribution is 5.78. The summed E-state index contributed by atoms with van der Waals surface area (Å²) in [6.45, 7) is 5.18. The molecule has 0 bridgehead atoms. The molecule has 19 heavy (non-hydrogen) atoms. The Hall–Kier alpha value is -1.55. The molecule has 2 rings (SSSR count). The first-order valence-electron chi connectivity index (χ1n) is 6.73. The number of amides is 1. The fourth-order valence-corrected chi connectivity index (χ4v) is 2.29. The van der Waals surface area contributed by atoms with Gasteiger partial charge in [-0.3, -0.25) is 4.79 Å². The minimum absolute atomic E-state index is 0.0387. The van der Waals surface area contributed by atoms with Crippen molar-refractivity contribution in [3.63, 3.8) is 0 Å². The molecule has 0 aliphatic carbocycles. The number of nitrogens with zero attached hydrogens (tertiary/aromatic N) is 1. The number of hydrogen-bond donors (Lipinski definition) is 1. The summed E-state index contributed by atoms with van der Waals surface area (Å²) in [4.78, 5) is 13.7. The van der Waals surface area contributed by atoms with Gasteiger partial charge in [0.1, 0.15) is 5.75 Å². The minimum atomic E-state index is -0.390. The zero-order valence-electron chi connectivity index (χ0n) is 11.6. The summed E-state index contributed by atoms with van der Waals surface area (Å²) in [6, 6.07) is 5.82. The summed E-state index contributed by atoms with van der Waals surface area (Å²) in [5.41, 5.74) is 2.22. The average Bonchev–Trinajstić information content (AvgIpc) is 2.40. The number of carbonyl (C=O) groups excluding carboxylic acids is 1. The molecule has 1 atom stereocenters. The lowest BCUT2D eigenvalue weighted by Crippen LogP contribution is -2.44. The van der Waals surface area contributed by atoms with E-state index in [0.717, 1.165) is 29.7 Å². The number of carbonyl (C=O) groups is 1. The van der Waals surface area contributed by atoms with Crippen molar-refractivity contribution >= 4 is 5.91 Å². The second kappa shape index (κ2) is 6.06. The molecule has 0 aromatic heterocycles. The molecule has 1 aromatic carbocycles. The fraction of sp³-hybridized carbons (Fsp3) is 0.533. The first-order valence-corrected chi connectivity index (χ1v) is 6.73. The lowest BCUT2D eigenvalue weighted by Gasteiger charge is -2.30. The van der Waals surface area contributed by atoms with Crippen LogP contribution in [-0.2, 0) is 4.79 Å². The molecule has 0 unspecified atom stereocenters. The number of hydrogen-bond acceptors (Lipinski definition) is 3. The third kappa shape index (κ3) is 3.47. The molecule has 0 radical (unpaired) electrons. The van der Waals surface area contributed by atoms with E-state index in [1.54, 1.807) is 4.90 Å². The van der Waals surface area contributed by atoms with Gasteiger partial charge in [0.05, 0.1) is 6.10 Å². The zero-order valence-corrected chi connectivity index (χ0v) is 11.6. The number of ether oxygens (including phenoxy) is 1. The molecular weight excluding hydrogens is 242 g/mol. The van der Waals surface area contributed by atoms with Crippen LogP contribution in [0.4, 0.5) is 0 Å². The smallest absolute Gasteiger partial charge is 0.260 e. The van der Waals surface area contributed by atoms with Crippen LogP contribution in [0.5, 0.6) is 5.75 Å². The second-order valence-corrected chi connectivity index (χ2v) is 5.12. The van der Waals surface area contributed by atoms with Crippen molar-refractivity contribution in [2.24, 2.45) is 0 Å². The highest BCUT2D eigenvalue weighted by Crippen LogP contribution is 2.20. The number of aryl methyl sites for hydroxylation is 1. The highest BCUT2D eigenvalue weighted by Gasteiger charge is 2.22. The van der Waals surface area contributed by atoms with Crippen LogP contribution < -0.4 is 4.74 Å². The Morgan fingerprint density at radius 3 is 3.00 bits per heavy atom. The van der Waals surface area contributed by atoms with Crippen molar-refractivity contribution in [1.29, 1.82) is 0 Å². The summed E-state index contributed by atoms with van der Waals surface area (Å²) >= 11 is 0. The molecule has 1 amide bonds. The molecule has 1 aromatic rings. The van der Waals surface area contributed by atoms with Crippen LogP contribution in [0.2, 0.25) is 0 Å². The summed E-state index contributed by atoms with van der Waals surface area (Å²) in [7, 11) is 0. The Labute approximate surface area is 114 Å². The maximum atomic E-state index is 12.0. The van der Waals surface area contributed by atoms with Gasteiger partial charge in [-0.25, -0.2) is 0 Å². The Bertz CT molecular complexity index is 459. The van der Waals surface area contributed by atoms with E-state index in [0.29, 0.717) is 13.1 Å². The lowest BCUT2D eigenvalue weighted by atomic mass is 10.1. The van der Waals surface area contributed by atoms with Crippen LogP contribution >= 0.6 is 0 Å². The van der Waals surface area contributed by atoms with Gasteiger partial charge in [-0.15, -0.1) is 0 Å². The third-order valence-electron chi connectivity index (χ3n) is 3.66. The molecule has 1 fully saturated rings. The molecule has 1 aliphatic rings. The first-order chi connectivity index (χ1) is 9.08. The molecule has 1 saturated heterocycles. The number of benzene rings is 1. The maximum absolute atomic E-state index is 12.0. The number of β-amino-alcohol motifs (C(OH)–C–C–N with tert-alkyl or cyclic N) is 1. The summed E-state index contributed by atoms with van der Waals surface area (Å²) in [5.74, 6) is 0.700. The van der Waals surface area contributed by atoms with E-state index in [9.17, 15) is 9.90 Å². The minimum Gasteiger partial charge on any atom is -0.483 e. The van der Waals surface area contributed by atoms with E-state index in [1.165, 1.54) is 0 Å². The van der Waals surface area contributed by atoms with Crippen LogP contribution in [0.25, 0.3) is 0 Å². The molecule has 0 spiro atoms. The van der Waals surface area contributed by atoms with Crippen LogP contribution in [0.1, 0.15) is 24.0 Å². The largest absolute Gasteiger partial charge is 0.483 e. The molecule has 1 N–H and O–H groups in total. The third-order valence-corrected chi connectivity index (χ3v) is 3.66. The number of rotatable bonds is 3. The van der Waals surface area contributed by atoms with Gasteiger partial charge in [0.15, 0.2) is 6.61 Å². The molecule has 1 aliphatic heterocycles. The van der Waals surface area contributed by atoms with E-state index < -0.39 is 6.10 Å². The maximum Gasteiger partial charge on any atom is 0.260 e. The average molecular weight is 263 g/mol. The van der Waals surface area contributed by atoms with Crippen molar-refractivity contribution in [2.45, 2.75) is 32.8 Å². The van der Waals surface area contributed by atoms with Crippen molar-refractivity contribution < 1.29 is 14.6 Å². The van der Waals surface area contributed by atoms with Gasteiger partial charge in [-0.2, -0.15) is 0 Å². The van der Waals surface area contributed by atoms with Crippen LogP contribution in [0.3, 0.4) is 0 Å². The van der Waals surface area contributed by atoms with Gasteiger partial charge in [0, 0.05) is 13.1 Å². The van der Waals surface area contributed by atoms with Crippen LogP contribution in [0.15, 0.2) is 18.2 Å². The zero-order chi connectivity index (χ0) is 13.8. The van der Waals surface area contributed by atoms with Gasteiger partial charge in [-0.1, -0.05) is 12.1 Å². The Morgan fingerprint density at radius 1 is 1.47 bits per heavy atom. The van der Waals surface area contributed by atoms with Crippen molar-refractivity contribution in [2.75, 3.05) is 19.7 Å². The van der Waals surface area contributed by atoms with Gasteiger partial charge < -0.3 is 14.7 Å². The van der Waals surface area contributed by atoms with Gasteiger partial charge in [-0.05, 0) is 43.9 Å². The van der Waals surface area contributed by atoms with Crippen molar-refractivity contribution in [1.82, 2.24) is 4.90 Å². The molecule has 0 saturated carbocycles. The predicted octanol–water partition coefficient (Wildman–Crippen LogP) is 1.67. The van der Waals surface area contributed by atoms with E-state index in [1.807, 2.05) is 32.0 Å². The molecule has 4 heteroatoms. The second-order valence-electron chi connectivity index (χ2n) is 5.12. The molecule has 1 heterocycles. The molecule has 4 nitrogen and oxygen atoms in total. The lowest BCUT2D eigenvalue weighted by molar-refractivity contribution is -0.136. The van der Waals surface area contributed by atoms with Crippen molar-refractivity contribution in [3.05, 3.63) is 29.3 Å². The SMILES string of the molecule is Cc1cccc(OCC(=O)N2CCC[C@H](O)C2)c1C. The van der Waals surface area contributed by atoms with E-state index in [2.05, 4.69) is 0 Å². The monoisotopic (exact) mass is 263 g/mol. The molecule has 104 valence electrons. The summed E-state index contributed by atoms with van der Waals surface area (Å²) in [5, 5.41) is 9.56. The number of likely N-dealkylation sites (tertiary alicyclic amines) is 1. The van der Waals surface area contributed by atoms with Crippen LogP contribution in [-0.4, -0.2) is 41.7 Å². The topological polar surface area (TPSA) is 49.8 Å². The normalized spacial score (nSPS) is 19.3. The first kappa shape index (κ1) is 13.9. The van der Waals surface area contributed by atoms with Crippen molar-refractivity contribution in [3.8, 4) is 5.75 Å². The fourth-order valence-electron chi connectivity index (χ4n) is 2.29. The Balaban J connectivity index is 1.91. The van der Waals surface area contributed by atoms with Crippen LogP contribution in [0, 0.1) is 13.8 Å². The van der Waals surface area contributed by atoms with E-state index in [-0.39, 0.29) is 12.5 Å². The van der Waals surface area contributed by atoms with E-state index in [4.69, 9.17) is 4.74 Å². The number of aliphatic hydroxyl groups is 1. The Morgan fingerprint density at radius 2 is 2.26 bits per heavy atom. The van der Waals surface area contributed by atoms with Gasteiger partial charge in [0.25, 0.3) is 5.91 Å². The quantitative estimate of drug-likeness (QED) is 0.902. The molecular formula is C15H21NO3. The highest BCUT2D eigenvalue weighted by atomic mass is 16.5. The Kier molecular flexibility index (Phi) is 4.43. The van der Waals surface area contributed by atoms with Gasteiger partial charge in [0.2, 0.25) is 0 Å². The number of piperidine rings is 1.